The molecule has 0 saturated heterocycles. The minimum Gasteiger partial charge on any atom is -0.320 e. The Hall–Kier alpha value is -3.07. The molecule has 0 fully saturated rings. The molecule has 0 aliphatic rings. The van der Waals surface area contributed by atoms with E-state index in [1.54, 1.807) is 0 Å². The topological polar surface area (TPSA) is 32.3 Å². The Bertz CT molecular complexity index is 907. The number of amides is 2. The molecule has 0 spiro atoms. The number of rotatable bonds is 8. The minimum absolute atomic E-state index is 0.0412. The normalized spacial score (nSPS) is 10.6. The molecule has 3 aromatic carbocycles. The van der Waals surface area contributed by atoms with Crippen LogP contribution in [0.25, 0.3) is 0 Å². The summed E-state index contributed by atoms with van der Waals surface area (Å²) in [6.45, 7) is 5.44. The summed E-state index contributed by atoms with van der Waals surface area (Å²) in [4.78, 5) is 14.9. The van der Waals surface area contributed by atoms with E-state index in [0.717, 1.165) is 42.6 Å². The molecule has 2 amide bonds. The second-order valence-electron chi connectivity index (χ2n) is 7.60. The Morgan fingerprint density at radius 3 is 2.14 bits per heavy atom. The van der Waals surface area contributed by atoms with Crippen molar-refractivity contribution in [2.24, 2.45) is 0 Å². The maximum absolute atomic E-state index is 13.0. The van der Waals surface area contributed by atoms with Gasteiger partial charge in [0.1, 0.15) is 0 Å². The molecule has 3 nitrogen and oxygen atoms in total. The molecular weight excluding hydrogens is 356 g/mol. The number of nitrogens with one attached hydrogen (secondary N) is 1. The predicted octanol–water partition coefficient (Wildman–Crippen LogP) is 6.36. The molecule has 3 heteroatoms. The monoisotopic (exact) mass is 386 g/mol. The van der Waals surface area contributed by atoms with Crippen molar-refractivity contribution in [3.05, 3.63) is 101 Å². The van der Waals surface area contributed by atoms with Crippen LogP contribution in [0.5, 0.6) is 0 Å². The van der Waals surface area contributed by atoms with Gasteiger partial charge >= 0.3 is 6.03 Å². The van der Waals surface area contributed by atoms with Gasteiger partial charge in [-0.1, -0.05) is 78.4 Å². The van der Waals surface area contributed by atoms with Crippen LogP contribution in [-0.2, 0) is 13.0 Å². The largest absolute Gasteiger partial charge is 0.322 e. The molecule has 0 saturated carbocycles. The first kappa shape index (κ1) is 20.7. The van der Waals surface area contributed by atoms with Crippen LogP contribution in [0.2, 0.25) is 0 Å². The van der Waals surface area contributed by atoms with Crippen molar-refractivity contribution in [1.29, 1.82) is 0 Å². The first-order valence-corrected chi connectivity index (χ1v) is 10.3. The molecule has 0 aromatic heterocycles. The van der Waals surface area contributed by atoms with Crippen molar-refractivity contribution in [3.63, 3.8) is 0 Å². The quantitative estimate of drug-likeness (QED) is 0.449. The van der Waals surface area contributed by atoms with E-state index in [4.69, 9.17) is 0 Å². The van der Waals surface area contributed by atoms with Crippen molar-refractivity contribution in [2.75, 3.05) is 11.9 Å². The van der Waals surface area contributed by atoms with E-state index in [9.17, 15) is 4.79 Å². The third-order valence-corrected chi connectivity index (χ3v) is 5.11. The number of anilines is 1. The lowest BCUT2D eigenvalue weighted by Crippen LogP contribution is -2.35. The van der Waals surface area contributed by atoms with Gasteiger partial charge in [-0.2, -0.15) is 0 Å². The average Bonchev–Trinajstić information content (AvgIpc) is 2.74. The first-order valence-electron chi connectivity index (χ1n) is 10.3. The molecular formula is C26H30N2O. The number of unbranched alkanes of at least 4 members (excludes halogenated alkanes) is 1. The van der Waals surface area contributed by atoms with Crippen LogP contribution in [0.15, 0.2) is 78.9 Å². The van der Waals surface area contributed by atoms with Crippen molar-refractivity contribution in [2.45, 2.75) is 39.7 Å². The fourth-order valence-corrected chi connectivity index (χ4v) is 3.48. The van der Waals surface area contributed by atoms with Crippen LogP contribution >= 0.6 is 0 Å². The summed E-state index contributed by atoms with van der Waals surface area (Å²) in [6.07, 6.45) is 3.08. The maximum atomic E-state index is 13.0. The Kier molecular flexibility index (Phi) is 7.46. The van der Waals surface area contributed by atoms with E-state index in [0.29, 0.717) is 6.54 Å². The van der Waals surface area contributed by atoms with Crippen molar-refractivity contribution >= 4 is 11.7 Å². The smallest absolute Gasteiger partial charge is 0.320 e. The average molecular weight is 387 g/mol. The van der Waals surface area contributed by atoms with Gasteiger partial charge in [0.25, 0.3) is 0 Å². The lowest BCUT2D eigenvalue weighted by molar-refractivity contribution is 0.208. The molecule has 0 aliphatic heterocycles. The predicted molar refractivity (Wildman–Crippen MR) is 121 cm³/mol. The van der Waals surface area contributed by atoms with Crippen LogP contribution in [-0.4, -0.2) is 17.5 Å². The van der Waals surface area contributed by atoms with Crippen molar-refractivity contribution < 1.29 is 4.79 Å². The minimum atomic E-state index is -0.0412. The summed E-state index contributed by atoms with van der Waals surface area (Å²) >= 11 is 0. The van der Waals surface area contributed by atoms with Crippen molar-refractivity contribution in [1.82, 2.24) is 4.90 Å². The van der Waals surface area contributed by atoms with Crippen LogP contribution in [0, 0.1) is 13.8 Å². The molecule has 0 radical (unpaired) electrons. The SMILES string of the molecule is Cc1ccc(NC(=O)N(CCCCc2ccccc2)Cc2ccccc2)c(C)c1. The highest BCUT2D eigenvalue weighted by molar-refractivity contribution is 5.90. The number of hydrogen-bond donors (Lipinski definition) is 1. The highest BCUT2D eigenvalue weighted by Crippen LogP contribution is 2.18. The Balaban J connectivity index is 1.62. The van der Waals surface area contributed by atoms with E-state index in [1.165, 1.54) is 11.1 Å². The van der Waals surface area contributed by atoms with Crippen LogP contribution in [0.3, 0.4) is 0 Å². The Labute approximate surface area is 174 Å². The van der Waals surface area contributed by atoms with Crippen molar-refractivity contribution in [3.8, 4) is 0 Å². The zero-order chi connectivity index (χ0) is 20.5. The first-order chi connectivity index (χ1) is 14.1. The number of carbonyl (C=O) groups excluding carboxylic acids is 1. The van der Waals surface area contributed by atoms with Gasteiger partial charge in [-0.05, 0) is 55.9 Å². The van der Waals surface area contributed by atoms with Gasteiger partial charge in [-0.25, -0.2) is 4.79 Å². The standard InChI is InChI=1S/C26H30N2O/c1-21-16-17-25(22(2)19-21)27-26(29)28(20-24-14-7-4-8-15-24)18-10-9-13-23-11-5-3-6-12-23/h3-8,11-12,14-17,19H,9-10,13,18,20H2,1-2H3,(H,27,29). The van der Waals surface area contributed by atoms with E-state index < -0.39 is 0 Å². The summed E-state index contributed by atoms with van der Waals surface area (Å²) in [6, 6.07) is 26.8. The summed E-state index contributed by atoms with van der Waals surface area (Å²) in [7, 11) is 0. The van der Waals surface area contributed by atoms with Crippen LogP contribution < -0.4 is 5.32 Å². The zero-order valence-electron chi connectivity index (χ0n) is 17.4. The molecule has 3 rings (SSSR count). The van der Waals surface area contributed by atoms with E-state index in [2.05, 4.69) is 54.7 Å². The van der Waals surface area contributed by atoms with E-state index >= 15 is 0 Å². The second-order valence-corrected chi connectivity index (χ2v) is 7.60. The fourth-order valence-electron chi connectivity index (χ4n) is 3.48. The number of nitrogens with zero attached hydrogens (tertiary/aromatic N) is 1. The van der Waals surface area contributed by atoms with Crippen LogP contribution in [0.1, 0.15) is 35.1 Å². The lowest BCUT2D eigenvalue weighted by atomic mass is 10.1. The number of hydrogen-bond acceptors (Lipinski definition) is 1. The van der Waals surface area contributed by atoms with Gasteiger partial charge in [0.2, 0.25) is 0 Å². The molecule has 0 unspecified atom stereocenters. The van der Waals surface area contributed by atoms with Gasteiger partial charge in [-0.15, -0.1) is 0 Å². The second kappa shape index (κ2) is 10.5. The molecule has 0 atom stereocenters. The summed E-state index contributed by atoms with van der Waals surface area (Å²) in [5.74, 6) is 0. The zero-order valence-corrected chi connectivity index (χ0v) is 17.4. The highest BCUT2D eigenvalue weighted by Gasteiger charge is 2.15. The Morgan fingerprint density at radius 2 is 1.48 bits per heavy atom. The number of aryl methyl sites for hydroxylation is 3. The Morgan fingerprint density at radius 1 is 0.828 bits per heavy atom. The molecule has 3 aromatic rings. The summed E-state index contributed by atoms with van der Waals surface area (Å²) in [5, 5.41) is 3.10. The lowest BCUT2D eigenvalue weighted by Gasteiger charge is -2.24. The maximum Gasteiger partial charge on any atom is 0.322 e. The fraction of sp³-hybridized carbons (Fsp3) is 0.269. The molecule has 0 heterocycles. The highest BCUT2D eigenvalue weighted by atomic mass is 16.2. The van der Waals surface area contributed by atoms with E-state index in [1.807, 2.05) is 48.2 Å². The molecule has 1 N–H and O–H groups in total. The van der Waals surface area contributed by atoms with Gasteiger partial charge in [0, 0.05) is 18.8 Å². The van der Waals surface area contributed by atoms with Gasteiger partial charge < -0.3 is 10.2 Å². The van der Waals surface area contributed by atoms with Gasteiger partial charge in [0.05, 0.1) is 0 Å². The summed E-state index contributed by atoms with van der Waals surface area (Å²) < 4.78 is 0. The van der Waals surface area contributed by atoms with Crippen LogP contribution in [0.4, 0.5) is 10.5 Å². The molecule has 29 heavy (non-hydrogen) atoms. The van der Waals surface area contributed by atoms with E-state index in [-0.39, 0.29) is 6.03 Å². The van der Waals surface area contributed by atoms with Gasteiger partial charge in [-0.3, -0.25) is 0 Å². The third kappa shape index (κ3) is 6.49. The molecule has 150 valence electrons. The molecule has 0 bridgehead atoms. The third-order valence-electron chi connectivity index (χ3n) is 5.11. The van der Waals surface area contributed by atoms with Gasteiger partial charge in [0.15, 0.2) is 0 Å². The molecule has 0 aliphatic carbocycles. The summed E-state index contributed by atoms with van der Waals surface area (Å²) in [5.41, 5.74) is 5.65. The number of urea groups is 1. The number of benzene rings is 3. The number of carbonyl (C=O) groups is 1.